The summed E-state index contributed by atoms with van der Waals surface area (Å²) >= 11 is 0. The van der Waals surface area contributed by atoms with Gasteiger partial charge in [0.1, 0.15) is 31.2 Å². The first-order valence-electron chi connectivity index (χ1n) is 29.4. The maximum Gasteiger partial charge on any atom is 0.222 e. The zero-order valence-corrected chi connectivity index (χ0v) is 50.2. The van der Waals surface area contributed by atoms with Gasteiger partial charge in [-0.05, 0) is 196 Å². The molecule has 8 aliphatic rings. The van der Waals surface area contributed by atoms with Crippen LogP contribution < -0.4 is 10.6 Å². The minimum atomic E-state index is -3.09. The fourth-order valence-electron chi connectivity index (χ4n) is 19.6. The lowest BCUT2D eigenvalue weighted by atomic mass is 9.42. The number of carbonyl (C=O) groups excluding carboxylic acids is 4. The Labute approximate surface area is 455 Å². The number of fused-ring (bicyclic) bond motifs is 10. The Bertz CT molecular complexity index is 2240. The first-order chi connectivity index (χ1) is 34.0. The van der Waals surface area contributed by atoms with E-state index < -0.39 is 19.7 Å². The molecule has 426 valence electrons. The molecule has 8 rings (SSSR count). The van der Waals surface area contributed by atoms with E-state index in [4.69, 9.17) is 0 Å². The molecule has 4 N–H and O–H groups in total. The van der Waals surface area contributed by atoms with Gasteiger partial charge in [0.05, 0.1) is 23.7 Å². The first kappa shape index (κ1) is 61.7. The molecule has 0 radical (unpaired) electrons. The van der Waals surface area contributed by atoms with Crippen molar-refractivity contribution < 1.29 is 46.2 Å². The number of aliphatic hydroxyl groups excluding tert-OH is 2. The lowest BCUT2D eigenvalue weighted by Gasteiger charge is -2.62. The summed E-state index contributed by atoms with van der Waals surface area (Å²) in [5.74, 6) is 5.24. The quantitative estimate of drug-likeness (QED) is 0.116. The van der Waals surface area contributed by atoms with E-state index in [9.17, 15) is 46.2 Å². The van der Waals surface area contributed by atoms with E-state index >= 15 is 0 Å². The van der Waals surface area contributed by atoms with Gasteiger partial charge in [-0.1, -0.05) is 62.3 Å². The number of sulfone groups is 2. The van der Waals surface area contributed by atoms with Crippen molar-refractivity contribution in [1.29, 1.82) is 0 Å². The highest BCUT2D eigenvalue weighted by atomic mass is 32.2. The summed E-state index contributed by atoms with van der Waals surface area (Å²) < 4.78 is 45.4. The molecule has 0 saturated heterocycles. The second-order valence-corrected chi connectivity index (χ2v) is 31.9. The summed E-state index contributed by atoms with van der Waals surface area (Å²) in [5, 5.41) is 26.5. The largest absolute Gasteiger partial charge is 0.393 e. The van der Waals surface area contributed by atoms with Crippen LogP contribution in [0.2, 0.25) is 0 Å². The van der Waals surface area contributed by atoms with Gasteiger partial charge in [0.2, 0.25) is 11.8 Å². The molecule has 12 nitrogen and oxygen atoms in total. The lowest BCUT2D eigenvalue weighted by molar-refractivity contribution is -0.173. The molecular weight excluding hydrogens is 993 g/mol. The number of nitrogens with one attached hydrogen (secondary N) is 2. The lowest BCUT2D eigenvalue weighted by Crippen LogP contribution is -2.60. The Hall–Kier alpha value is -1.55. The molecule has 8 saturated carbocycles. The van der Waals surface area contributed by atoms with Gasteiger partial charge in [0.15, 0.2) is 0 Å². The fraction of sp³-hybridized carbons (Fsp3) is 0.932. The number of hydrogen-bond donors (Lipinski definition) is 4. The third-order valence-corrected chi connectivity index (χ3v) is 25.2. The second-order valence-electron chi connectivity index (χ2n) is 27.4. The molecule has 0 aromatic carbocycles. The Balaban J connectivity index is 0.000000238. The summed E-state index contributed by atoms with van der Waals surface area (Å²) in [7, 11) is -6.17. The van der Waals surface area contributed by atoms with Crippen molar-refractivity contribution in [3.8, 4) is 0 Å². The van der Waals surface area contributed by atoms with Gasteiger partial charge in [-0.3, -0.25) is 19.2 Å². The molecule has 21 atom stereocenters. The number of carbonyl (C=O) groups is 4. The third-order valence-electron chi connectivity index (χ3n) is 23.3. The van der Waals surface area contributed by atoms with Gasteiger partial charge < -0.3 is 20.8 Å². The molecule has 0 aromatic rings. The zero-order valence-electron chi connectivity index (χ0n) is 47.6. The average Bonchev–Trinajstić information content (AvgIpc) is 3.85. The standard InChI is InChI=1S/C30H51NO5S.C29H49NO5S.H2S/c1-7-21-25-17-20(32)10-12-30(25,5)24-11-13-29(4)22(8-9-23(29)26(24)27(21)33)18(2)16-19(3)28(34)31-14-15-37(6,35)36;1-6-20-24-17-19(31)11-13-29(24,4)23-12-14-28(3)21(8-9-22(28)26(23)27(20)33)18(2)7-10-25(32)30-15-16-36(5,34)35;/h18-26,32H,7-17H2,1-6H3,(H,31,34);18-24,26,31H,6-17H2,1-5H3,(H,30,32);1H2/t18-,19+,20-,21-,22-,23?,24?,25?,26?,29-,30-;18-,19-,20-,21-,22?,23?,24?,26?,28-,29-;/m11./s1. The van der Waals surface area contributed by atoms with Crippen LogP contribution in [-0.4, -0.2) is 99.7 Å². The monoisotopic (exact) mass is 1090 g/mol. The van der Waals surface area contributed by atoms with Crippen molar-refractivity contribution in [3.63, 3.8) is 0 Å². The van der Waals surface area contributed by atoms with E-state index in [2.05, 4.69) is 66.0 Å². The van der Waals surface area contributed by atoms with E-state index in [0.717, 1.165) is 116 Å². The summed E-state index contributed by atoms with van der Waals surface area (Å²) in [4.78, 5) is 53.2. The molecule has 8 aliphatic carbocycles. The van der Waals surface area contributed by atoms with E-state index in [1.807, 2.05) is 6.92 Å². The molecule has 0 aromatic heterocycles. The molecule has 8 unspecified atom stereocenters. The molecular formula is C59H102N2O10S3. The smallest absolute Gasteiger partial charge is 0.222 e. The van der Waals surface area contributed by atoms with Gasteiger partial charge >= 0.3 is 0 Å². The van der Waals surface area contributed by atoms with Crippen LogP contribution in [0.3, 0.4) is 0 Å². The number of hydrogen-bond acceptors (Lipinski definition) is 10. The molecule has 8 fully saturated rings. The summed E-state index contributed by atoms with van der Waals surface area (Å²) in [6.45, 7) is 20.9. The van der Waals surface area contributed by atoms with Crippen LogP contribution >= 0.6 is 13.5 Å². The normalized spacial score (nSPS) is 42.7. The topological polar surface area (TPSA) is 201 Å². The van der Waals surface area contributed by atoms with Crippen LogP contribution in [0.5, 0.6) is 0 Å². The predicted molar refractivity (Wildman–Crippen MR) is 299 cm³/mol. The first-order valence-corrected chi connectivity index (χ1v) is 33.5. The van der Waals surface area contributed by atoms with Crippen LogP contribution in [0.15, 0.2) is 0 Å². The highest BCUT2D eigenvalue weighted by Gasteiger charge is 2.67. The van der Waals surface area contributed by atoms with Crippen molar-refractivity contribution in [3.05, 3.63) is 0 Å². The van der Waals surface area contributed by atoms with Crippen LogP contribution in [0.4, 0.5) is 0 Å². The molecule has 0 heterocycles. The molecule has 2 amide bonds. The van der Waals surface area contributed by atoms with Crippen molar-refractivity contribution in [2.75, 3.05) is 37.1 Å². The Morgan fingerprint density at radius 2 is 0.973 bits per heavy atom. The van der Waals surface area contributed by atoms with Crippen LogP contribution in [0.25, 0.3) is 0 Å². The Morgan fingerprint density at radius 1 is 0.581 bits per heavy atom. The molecule has 0 spiro atoms. The summed E-state index contributed by atoms with van der Waals surface area (Å²) in [6.07, 6.45) is 20.0. The van der Waals surface area contributed by atoms with Crippen molar-refractivity contribution in [2.24, 2.45) is 110 Å². The number of rotatable bonds is 16. The van der Waals surface area contributed by atoms with Crippen LogP contribution in [0, 0.1) is 110 Å². The molecule has 74 heavy (non-hydrogen) atoms. The highest BCUT2D eigenvalue weighted by molar-refractivity contribution is 7.90. The van der Waals surface area contributed by atoms with Crippen molar-refractivity contribution in [2.45, 2.75) is 197 Å². The third kappa shape index (κ3) is 12.1. The highest BCUT2D eigenvalue weighted by Crippen LogP contribution is 2.70. The molecule has 15 heteroatoms. The second kappa shape index (κ2) is 23.7. The zero-order chi connectivity index (χ0) is 53.8. The van der Waals surface area contributed by atoms with E-state index in [-0.39, 0.29) is 113 Å². The van der Waals surface area contributed by atoms with Crippen molar-refractivity contribution in [1.82, 2.24) is 10.6 Å². The maximum atomic E-state index is 14.1. The van der Waals surface area contributed by atoms with E-state index in [0.29, 0.717) is 77.2 Å². The number of aliphatic hydroxyl groups is 2. The van der Waals surface area contributed by atoms with Gasteiger partial charge in [0.25, 0.3) is 0 Å². The number of Topliss-reactive ketones (excluding diaryl/α,β-unsaturated/α-hetero) is 2. The Kier molecular flexibility index (Phi) is 19.7. The van der Waals surface area contributed by atoms with Gasteiger partial charge in [-0.2, -0.15) is 13.5 Å². The minimum Gasteiger partial charge on any atom is -0.393 e. The number of ketones is 2. The molecule has 0 bridgehead atoms. The maximum absolute atomic E-state index is 14.1. The SMILES string of the molecule is CC[C@H]1C(=O)C2C(CC[C@@]3(C)C2CC[C@@H]3[C@H](C)CCC(=O)NCCS(C)(=O)=O)[C@@]2(C)CC[C@@H](O)CC12.CC[C@H]1C(=O)C2C(CC[C@@]3(C)C2CC[C@@H]3[C@H](C)C[C@H](C)C(=O)NCCS(C)(=O)=O)[C@@]2(C)CC[C@@H](O)CC12.S. The van der Waals surface area contributed by atoms with Gasteiger partial charge in [-0.25, -0.2) is 16.8 Å². The van der Waals surface area contributed by atoms with Gasteiger partial charge in [0, 0.05) is 61.6 Å². The molecule has 0 aliphatic heterocycles. The van der Waals surface area contributed by atoms with Gasteiger partial charge in [-0.15, -0.1) is 0 Å². The Morgan fingerprint density at radius 3 is 1.39 bits per heavy atom. The predicted octanol–water partition coefficient (Wildman–Crippen LogP) is 9.16. The van der Waals surface area contributed by atoms with Crippen LogP contribution in [0.1, 0.15) is 184 Å². The average molecular weight is 1100 g/mol. The fourth-order valence-corrected chi connectivity index (χ4v) is 20.6. The van der Waals surface area contributed by atoms with Crippen molar-refractivity contribution >= 4 is 56.6 Å². The summed E-state index contributed by atoms with van der Waals surface area (Å²) in [5.41, 5.74) is 0.576. The summed E-state index contributed by atoms with van der Waals surface area (Å²) in [6, 6.07) is 0. The van der Waals surface area contributed by atoms with E-state index in [1.165, 1.54) is 12.5 Å². The van der Waals surface area contributed by atoms with E-state index in [1.54, 1.807) is 0 Å². The minimum absolute atomic E-state index is 0. The van der Waals surface area contributed by atoms with Crippen LogP contribution in [-0.2, 0) is 38.9 Å². The number of amides is 2.